The summed E-state index contributed by atoms with van der Waals surface area (Å²) in [5, 5.41) is 3.11. The van der Waals surface area contributed by atoms with E-state index in [0.717, 1.165) is 32.3 Å². The van der Waals surface area contributed by atoms with E-state index in [2.05, 4.69) is 26.1 Å². The summed E-state index contributed by atoms with van der Waals surface area (Å²) in [5.41, 5.74) is 5.30. The van der Waals surface area contributed by atoms with Gasteiger partial charge >= 0.3 is 0 Å². The number of hydrogen-bond donors (Lipinski definition) is 2. The molecule has 1 rings (SSSR count). The van der Waals surface area contributed by atoms with Crippen LogP contribution in [0.2, 0.25) is 0 Å². The number of rotatable bonds is 8. The van der Waals surface area contributed by atoms with Gasteiger partial charge in [0.05, 0.1) is 11.6 Å². The molecule has 0 aromatic heterocycles. The summed E-state index contributed by atoms with van der Waals surface area (Å²) in [6.45, 7) is 11.2. The molecule has 126 valence electrons. The molecule has 0 heterocycles. The molecule has 0 radical (unpaired) electrons. The van der Waals surface area contributed by atoms with Gasteiger partial charge in [0.15, 0.2) is 0 Å². The zero-order chi connectivity index (χ0) is 15.4. The van der Waals surface area contributed by atoms with E-state index in [4.69, 9.17) is 10.5 Å². The smallest absolute Gasteiger partial charge is 0.240 e. The van der Waals surface area contributed by atoms with Gasteiger partial charge in [0.2, 0.25) is 5.91 Å². The van der Waals surface area contributed by atoms with Gasteiger partial charge < -0.3 is 15.8 Å². The molecule has 0 aliphatic heterocycles. The predicted octanol–water partition coefficient (Wildman–Crippen LogP) is 3.03. The summed E-state index contributed by atoms with van der Waals surface area (Å²) in [6, 6.07) is 0.168. The van der Waals surface area contributed by atoms with Crippen molar-refractivity contribution < 1.29 is 9.53 Å². The number of amides is 1. The molecule has 1 amide bonds. The first-order valence-corrected chi connectivity index (χ1v) is 7.97. The number of carbonyl (C=O) groups is 1. The van der Waals surface area contributed by atoms with E-state index in [-0.39, 0.29) is 35.9 Å². The zero-order valence-electron chi connectivity index (χ0n) is 14.2. The van der Waals surface area contributed by atoms with Gasteiger partial charge in [-0.15, -0.1) is 12.4 Å². The highest BCUT2D eigenvalue weighted by Crippen LogP contribution is 2.43. The number of carbonyl (C=O) groups excluding carboxylic acids is 1. The average Bonchev–Trinajstić information content (AvgIpc) is 2.36. The number of nitrogens with one attached hydrogen (secondary N) is 1. The number of halogens is 1. The Balaban J connectivity index is 0.00000400. The molecule has 0 spiro atoms. The molecule has 0 saturated heterocycles. The van der Waals surface area contributed by atoms with Gasteiger partial charge in [-0.2, -0.15) is 0 Å². The summed E-state index contributed by atoms with van der Waals surface area (Å²) in [6.07, 6.45) is 5.01. The largest absolute Gasteiger partial charge is 0.378 e. The molecule has 0 bridgehead atoms. The Labute approximate surface area is 136 Å². The van der Waals surface area contributed by atoms with Crippen LogP contribution in [0.4, 0.5) is 0 Å². The third kappa shape index (κ3) is 5.11. The van der Waals surface area contributed by atoms with Crippen LogP contribution in [0, 0.1) is 5.41 Å². The lowest BCUT2D eigenvalue weighted by atomic mass is 9.64. The molecule has 1 aliphatic rings. The Morgan fingerprint density at radius 3 is 2.48 bits per heavy atom. The number of ether oxygens (including phenoxy) is 1. The van der Waals surface area contributed by atoms with Gasteiger partial charge in [0.1, 0.15) is 0 Å². The molecule has 4 nitrogen and oxygen atoms in total. The first-order chi connectivity index (χ1) is 9.25. The summed E-state index contributed by atoms with van der Waals surface area (Å²) in [7, 11) is 0. The van der Waals surface area contributed by atoms with Crippen molar-refractivity contribution in [3.63, 3.8) is 0 Å². The van der Waals surface area contributed by atoms with Crippen molar-refractivity contribution in [1.29, 1.82) is 0 Å². The Bertz CT molecular complexity index is 332. The average molecular weight is 321 g/mol. The fourth-order valence-corrected chi connectivity index (χ4v) is 2.74. The molecule has 1 saturated carbocycles. The van der Waals surface area contributed by atoms with Gasteiger partial charge in [-0.3, -0.25) is 4.79 Å². The van der Waals surface area contributed by atoms with Crippen molar-refractivity contribution in [2.75, 3.05) is 6.61 Å². The highest BCUT2D eigenvalue weighted by Gasteiger charge is 2.50. The standard InChI is InChI=1S/C16H32N2O2.ClH/c1-6-8-10-20-13-11-12(15(13,3)4)18-14(19)16(5,17)9-7-2;/h12-13H,6-11,17H2,1-5H3,(H,18,19);1H. The highest BCUT2D eigenvalue weighted by atomic mass is 35.5. The maximum absolute atomic E-state index is 12.2. The summed E-state index contributed by atoms with van der Waals surface area (Å²) in [5.74, 6) is -0.0376. The first-order valence-electron chi connectivity index (χ1n) is 7.97. The van der Waals surface area contributed by atoms with Crippen molar-refractivity contribution in [2.45, 2.75) is 84.4 Å². The van der Waals surface area contributed by atoms with Crippen LogP contribution in [-0.4, -0.2) is 30.2 Å². The van der Waals surface area contributed by atoms with Gasteiger partial charge in [-0.1, -0.05) is 40.5 Å². The second kappa shape index (κ2) is 8.35. The Hall–Kier alpha value is -0.320. The molecule has 3 N–H and O–H groups in total. The van der Waals surface area contributed by atoms with E-state index in [0.29, 0.717) is 6.42 Å². The Kier molecular flexibility index (Phi) is 8.22. The summed E-state index contributed by atoms with van der Waals surface area (Å²) in [4.78, 5) is 12.2. The minimum absolute atomic E-state index is 0. The van der Waals surface area contributed by atoms with Gasteiger partial charge in [-0.25, -0.2) is 0 Å². The number of unbranched alkanes of at least 4 members (excludes halogenated alkanes) is 1. The molecule has 0 aromatic carbocycles. The molecular formula is C16H33ClN2O2. The SMILES string of the molecule is CCCCOC1CC(NC(=O)C(C)(N)CCC)C1(C)C.Cl. The van der Waals surface area contributed by atoms with Crippen LogP contribution in [0.1, 0.15) is 66.7 Å². The molecule has 5 heteroatoms. The summed E-state index contributed by atoms with van der Waals surface area (Å²) >= 11 is 0. The van der Waals surface area contributed by atoms with E-state index in [1.165, 1.54) is 0 Å². The fourth-order valence-electron chi connectivity index (χ4n) is 2.74. The van der Waals surface area contributed by atoms with E-state index in [1.54, 1.807) is 0 Å². The van der Waals surface area contributed by atoms with Crippen molar-refractivity contribution in [2.24, 2.45) is 11.1 Å². The molecule has 1 fully saturated rings. The number of nitrogens with two attached hydrogens (primary N) is 1. The maximum Gasteiger partial charge on any atom is 0.240 e. The molecule has 3 unspecified atom stereocenters. The summed E-state index contributed by atoms with van der Waals surface area (Å²) < 4.78 is 5.90. The second-order valence-corrected chi connectivity index (χ2v) is 6.96. The van der Waals surface area contributed by atoms with Crippen molar-refractivity contribution in [3.8, 4) is 0 Å². The van der Waals surface area contributed by atoms with Crippen LogP contribution < -0.4 is 11.1 Å². The fraction of sp³-hybridized carbons (Fsp3) is 0.938. The molecule has 1 aliphatic carbocycles. The van der Waals surface area contributed by atoms with Crippen molar-refractivity contribution in [3.05, 3.63) is 0 Å². The normalized spacial score (nSPS) is 26.2. The second-order valence-electron chi connectivity index (χ2n) is 6.96. The highest BCUT2D eigenvalue weighted by molar-refractivity contribution is 5.86. The lowest BCUT2D eigenvalue weighted by Gasteiger charge is -2.52. The minimum atomic E-state index is -0.765. The number of hydrogen-bond acceptors (Lipinski definition) is 3. The Morgan fingerprint density at radius 1 is 1.38 bits per heavy atom. The monoisotopic (exact) mass is 320 g/mol. The minimum Gasteiger partial charge on any atom is -0.378 e. The van der Waals surface area contributed by atoms with E-state index >= 15 is 0 Å². The molecule has 3 atom stereocenters. The van der Waals surface area contributed by atoms with Crippen LogP contribution in [0.3, 0.4) is 0 Å². The lowest BCUT2D eigenvalue weighted by Crippen LogP contribution is -2.65. The van der Waals surface area contributed by atoms with Crippen LogP contribution >= 0.6 is 12.4 Å². The van der Waals surface area contributed by atoms with Crippen LogP contribution in [0.25, 0.3) is 0 Å². The topological polar surface area (TPSA) is 64.3 Å². The van der Waals surface area contributed by atoms with Crippen LogP contribution in [0.15, 0.2) is 0 Å². The van der Waals surface area contributed by atoms with Gasteiger partial charge in [0.25, 0.3) is 0 Å². The molecule has 0 aromatic rings. The first kappa shape index (κ1) is 20.7. The quantitative estimate of drug-likeness (QED) is 0.676. The molecular weight excluding hydrogens is 288 g/mol. The van der Waals surface area contributed by atoms with Crippen LogP contribution in [-0.2, 0) is 9.53 Å². The van der Waals surface area contributed by atoms with Crippen molar-refractivity contribution >= 4 is 18.3 Å². The van der Waals surface area contributed by atoms with E-state index in [9.17, 15) is 4.79 Å². The van der Waals surface area contributed by atoms with E-state index < -0.39 is 5.54 Å². The maximum atomic E-state index is 12.2. The third-order valence-corrected chi connectivity index (χ3v) is 4.59. The Morgan fingerprint density at radius 2 is 2.00 bits per heavy atom. The predicted molar refractivity (Wildman–Crippen MR) is 89.7 cm³/mol. The van der Waals surface area contributed by atoms with Crippen molar-refractivity contribution in [1.82, 2.24) is 5.32 Å². The van der Waals surface area contributed by atoms with Gasteiger partial charge in [0, 0.05) is 18.1 Å². The van der Waals surface area contributed by atoms with E-state index in [1.807, 2.05) is 13.8 Å². The third-order valence-electron chi connectivity index (χ3n) is 4.59. The lowest BCUT2D eigenvalue weighted by molar-refractivity contribution is -0.141. The molecule has 21 heavy (non-hydrogen) atoms. The van der Waals surface area contributed by atoms with Gasteiger partial charge in [-0.05, 0) is 26.2 Å². The zero-order valence-corrected chi connectivity index (χ0v) is 15.0. The van der Waals surface area contributed by atoms with Crippen LogP contribution in [0.5, 0.6) is 0 Å².